The normalized spacial score (nSPS) is 22.6. The predicted octanol–water partition coefficient (Wildman–Crippen LogP) is 0.699. The van der Waals surface area contributed by atoms with Crippen molar-refractivity contribution in [2.24, 2.45) is 0 Å². The molecule has 98 valence electrons. The number of hydrogen-bond acceptors (Lipinski definition) is 5. The molecule has 0 spiro atoms. The van der Waals surface area contributed by atoms with Gasteiger partial charge in [-0.2, -0.15) is 0 Å². The van der Waals surface area contributed by atoms with Crippen LogP contribution in [-0.2, 0) is 17.7 Å². The van der Waals surface area contributed by atoms with Crippen molar-refractivity contribution in [3.8, 4) is 0 Å². The van der Waals surface area contributed by atoms with Gasteiger partial charge in [0.15, 0.2) is 5.13 Å². The van der Waals surface area contributed by atoms with Gasteiger partial charge in [-0.3, -0.25) is 5.32 Å². The number of carbonyl (C=O) groups excluding carboxylic acids is 1. The molecule has 1 saturated heterocycles. The molecule has 3 heterocycles. The molecular formula is C11H16N4O2S. The zero-order chi connectivity index (χ0) is 12.4. The Bertz CT molecular complexity index is 419. The first-order valence-electron chi connectivity index (χ1n) is 6.16. The third kappa shape index (κ3) is 2.63. The fourth-order valence-electron chi connectivity index (χ4n) is 2.15. The van der Waals surface area contributed by atoms with Crippen LogP contribution in [0.4, 0.5) is 9.93 Å². The molecule has 3 N–H and O–H groups in total. The summed E-state index contributed by atoms with van der Waals surface area (Å²) < 4.78 is 5.21. The molecule has 0 aromatic carbocycles. The minimum absolute atomic E-state index is 0.126. The van der Waals surface area contributed by atoms with Gasteiger partial charge in [0.05, 0.1) is 18.3 Å². The summed E-state index contributed by atoms with van der Waals surface area (Å²) in [4.78, 5) is 17.4. The quantitative estimate of drug-likeness (QED) is 0.738. The standard InChI is InChI=1S/C11H16N4O2S/c16-10(13-7-2-4-17-6-7)15-11-14-8-1-3-12-5-9(8)18-11/h7,12H,1-6H2,(H2,13,14,15,16). The van der Waals surface area contributed by atoms with Crippen LogP contribution in [0.5, 0.6) is 0 Å². The minimum atomic E-state index is -0.190. The zero-order valence-electron chi connectivity index (χ0n) is 9.99. The first kappa shape index (κ1) is 11.9. The zero-order valence-corrected chi connectivity index (χ0v) is 10.8. The van der Waals surface area contributed by atoms with Gasteiger partial charge in [-0.1, -0.05) is 0 Å². The Morgan fingerprint density at radius 3 is 3.28 bits per heavy atom. The van der Waals surface area contributed by atoms with Gasteiger partial charge >= 0.3 is 6.03 Å². The number of amides is 2. The Labute approximate surface area is 109 Å². The van der Waals surface area contributed by atoms with Gasteiger partial charge in [0.25, 0.3) is 0 Å². The number of hydrogen-bond donors (Lipinski definition) is 3. The molecule has 2 aliphatic heterocycles. The lowest BCUT2D eigenvalue weighted by molar-refractivity contribution is 0.189. The number of carbonyl (C=O) groups is 1. The first-order chi connectivity index (χ1) is 8.81. The van der Waals surface area contributed by atoms with Crippen LogP contribution in [0.15, 0.2) is 0 Å². The van der Waals surface area contributed by atoms with Gasteiger partial charge in [0.2, 0.25) is 0 Å². The number of aromatic nitrogens is 1. The van der Waals surface area contributed by atoms with Crippen LogP contribution < -0.4 is 16.0 Å². The van der Waals surface area contributed by atoms with Crippen LogP contribution in [0.1, 0.15) is 17.0 Å². The van der Waals surface area contributed by atoms with E-state index >= 15 is 0 Å². The molecule has 0 bridgehead atoms. The number of fused-ring (bicyclic) bond motifs is 1. The summed E-state index contributed by atoms with van der Waals surface area (Å²) in [6.07, 6.45) is 1.82. The molecule has 2 aliphatic rings. The van der Waals surface area contributed by atoms with E-state index in [0.29, 0.717) is 11.7 Å². The van der Waals surface area contributed by atoms with E-state index in [9.17, 15) is 4.79 Å². The summed E-state index contributed by atoms with van der Waals surface area (Å²) in [7, 11) is 0. The maximum atomic E-state index is 11.8. The van der Waals surface area contributed by atoms with Gasteiger partial charge in [-0.05, 0) is 6.42 Å². The van der Waals surface area contributed by atoms with Crippen LogP contribution in [0.25, 0.3) is 0 Å². The highest BCUT2D eigenvalue weighted by molar-refractivity contribution is 7.15. The molecule has 1 fully saturated rings. The number of urea groups is 1. The molecule has 3 rings (SSSR count). The van der Waals surface area contributed by atoms with Gasteiger partial charge in [-0.15, -0.1) is 11.3 Å². The van der Waals surface area contributed by atoms with Crippen molar-refractivity contribution < 1.29 is 9.53 Å². The van der Waals surface area contributed by atoms with E-state index in [2.05, 4.69) is 20.9 Å². The van der Waals surface area contributed by atoms with Gasteiger partial charge in [0, 0.05) is 31.0 Å². The van der Waals surface area contributed by atoms with Crippen LogP contribution in [0.2, 0.25) is 0 Å². The average Bonchev–Trinajstić information content (AvgIpc) is 2.96. The summed E-state index contributed by atoms with van der Waals surface area (Å²) in [6.45, 7) is 3.14. The summed E-state index contributed by atoms with van der Waals surface area (Å²) in [5, 5.41) is 9.66. The molecule has 1 aromatic heterocycles. The molecule has 7 heteroatoms. The second kappa shape index (κ2) is 5.21. The highest BCUT2D eigenvalue weighted by Gasteiger charge is 2.19. The molecule has 0 saturated carbocycles. The summed E-state index contributed by atoms with van der Waals surface area (Å²) in [5.74, 6) is 0. The first-order valence-corrected chi connectivity index (χ1v) is 6.97. The molecule has 1 aromatic rings. The maximum absolute atomic E-state index is 11.8. The van der Waals surface area contributed by atoms with Crippen molar-refractivity contribution in [2.75, 3.05) is 25.1 Å². The van der Waals surface area contributed by atoms with Crippen molar-refractivity contribution >= 4 is 22.5 Å². The molecule has 1 atom stereocenters. The van der Waals surface area contributed by atoms with E-state index in [-0.39, 0.29) is 12.1 Å². The monoisotopic (exact) mass is 268 g/mol. The molecule has 0 aliphatic carbocycles. The van der Waals surface area contributed by atoms with E-state index in [1.807, 2.05) is 0 Å². The second-order valence-corrected chi connectivity index (χ2v) is 5.56. The number of anilines is 1. The van der Waals surface area contributed by atoms with Crippen molar-refractivity contribution in [2.45, 2.75) is 25.4 Å². The largest absolute Gasteiger partial charge is 0.379 e. The predicted molar refractivity (Wildman–Crippen MR) is 68.9 cm³/mol. The lowest BCUT2D eigenvalue weighted by Crippen LogP contribution is -2.38. The van der Waals surface area contributed by atoms with Crippen molar-refractivity contribution in [1.29, 1.82) is 0 Å². The number of thiazole rings is 1. The lowest BCUT2D eigenvalue weighted by atomic mass is 10.2. The van der Waals surface area contributed by atoms with Crippen molar-refractivity contribution in [3.05, 3.63) is 10.6 Å². The van der Waals surface area contributed by atoms with E-state index < -0.39 is 0 Å². The third-order valence-electron chi connectivity index (χ3n) is 3.09. The Morgan fingerprint density at radius 1 is 1.56 bits per heavy atom. The van der Waals surface area contributed by atoms with Gasteiger partial charge < -0.3 is 15.4 Å². The summed E-state index contributed by atoms with van der Waals surface area (Å²) >= 11 is 1.54. The molecule has 6 nitrogen and oxygen atoms in total. The third-order valence-corrected chi connectivity index (χ3v) is 4.10. The van der Waals surface area contributed by atoms with Crippen LogP contribution >= 0.6 is 11.3 Å². The molecule has 1 unspecified atom stereocenters. The Hall–Kier alpha value is -1.18. The highest BCUT2D eigenvalue weighted by atomic mass is 32.1. The number of ether oxygens (including phenoxy) is 1. The van der Waals surface area contributed by atoms with E-state index in [0.717, 1.165) is 38.2 Å². The maximum Gasteiger partial charge on any atom is 0.321 e. The number of rotatable bonds is 2. The second-order valence-electron chi connectivity index (χ2n) is 4.47. The Kier molecular flexibility index (Phi) is 3.44. The van der Waals surface area contributed by atoms with Gasteiger partial charge in [-0.25, -0.2) is 9.78 Å². The minimum Gasteiger partial charge on any atom is -0.379 e. The van der Waals surface area contributed by atoms with E-state index in [4.69, 9.17) is 4.74 Å². The summed E-state index contributed by atoms with van der Waals surface area (Å²) in [5.41, 5.74) is 1.11. The lowest BCUT2D eigenvalue weighted by Gasteiger charge is -2.09. The molecule has 0 radical (unpaired) electrons. The number of nitrogens with one attached hydrogen (secondary N) is 3. The topological polar surface area (TPSA) is 75.3 Å². The smallest absolute Gasteiger partial charge is 0.321 e. The van der Waals surface area contributed by atoms with Crippen LogP contribution in [-0.4, -0.2) is 36.8 Å². The van der Waals surface area contributed by atoms with E-state index in [1.165, 1.54) is 4.88 Å². The average molecular weight is 268 g/mol. The highest BCUT2D eigenvalue weighted by Crippen LogP contribution is 2.25. The van der Waals surface area contributed by atoms with Crippen LogP contribution in [0.3, 0.4) is 0 Å². The number of nitrogens with zero attached hydrogens (tertiary/aromatic N) is 1. The van der Waals surface area contributed by atoms with Gasteiger partial charge in [0.1, 0.15) is 0 Å². The molecular weight excluding hydrogens is 252 g/mol. The van der Waals surface area contributed by atoms with E-state index in [1.54, 1.807) is 11.3 Å². The fraction of sp³-hybridized carbons (Fsp3) is 0.636. The van der Waals surface area contributed by atoms with Crippen LogP contribution in [0, 0.1) is 0 Å². The molecule has 18 heavy (non-hydrogen) atoms. The Balaban J connectivity index is 1.58. The van der Waals surface area contributed by atoms with Crippen molar-refractivity contribution in [1.82, 2.24) is 15.6 Å². The SMILES string of the molecule is O=C(Nc1nc2c(s1)CNCC2)NC1CCOC1. The molecule has 2 amide bonds. The summed E-state index contributed by atoms with van der Waals surface area (Å²) in [6, 6.07) is -0.0641. The van der Waals surface area contributed by atoms with Crippen molar-refractivity contribution in [3.63, 3.8) is 0 Å². The Morgan fingerprint density at radius 2 is 2.50 bits per heavy atom. The fourth-order valence-corrected chi connectivity index (χ4v) is 3.12.